The van der Waals surface area contributed by atoms with E-state index in [9.17, 15) is 5.11 Å². The first-order chi connectivity index (χ1) is 16.4. The molecule has 1 aliphatic rings. The minimum Gasteiger partial charge on any atom is -0.492 e. The van der Waals surface area contributed by atoms with Crippen molar-refractivity contribution in [3.8, 4) is 11.5 Å². The Kier molecular flexibility index (Phi) is 7.91. The normalized spacial score (nSPS) is 19.1. The molecule has 3 aromatic rings. The number of ether oxygens (including phenoxy) is 2. The van der Waals surface area contributed by atoms with E-state index >= 15 is 0 Å². The number of aliphatic hydroxyl groups is 1. The molecule has 0 amide bonds. The second-order valence-corrected chi connectivity index (χ2v) is 9.60. The number of hydrogen-bond donors (Lipinski definition) is 1. The van der Waals surface area contributed by atoms with Crippen molar-refractivity contribution >= 4 is 0 Å². The Hall–Kier alpha value is -2.83. The van der Waals surface area contributed by atoms with Gasteiger partial charge in [-0.1, -0.05) is 29.8 Å². The van der Waals surface area contributed by atoms with Crippen molar-refractivity contribution in [3.63, 3.8) is 0 Å². The Balaban J connectivity index is 1.26. The molecule has 0 bridgehead atoms. The molecule has 182 valence electrons. The third-order valence-electron chi connectivity index (χ3n) is 6.52. The van der Waals surface area contributed by atoms with Crippen molar-refractivity contribution in [3.05, 3.63) is 77.1 Å². The molecule has 1 aromatic heterocycles. The summed E-state index contributed by atoms with van der Waals surface area (Å²) in [5.74, 6) is 1.70. The van der Waals surface area contributed by atoms with E-state index in [4.69, 9.17) is 9.47 Å². The van der Waals surface area contributed by atoms with Crippen LogP contribution in [0.1, 0.15) is 41.8 Å². The van der Waals surface area contributed by atoms with E-state index in [1.54, 1.807) is 0 Å². The van der Waals surface area contributed by atoms with E-state index in [1.807, 2.05) is 41.9 Å². The summed E-state index contributed by atoms with van der Waals surface area (Å²) in [5.41, 5.74) is 3.83. The Morgan fingerprint density at radius 2 is 1.76 bits per heavy atom. The fraction of sp³-hybridized carbons (Fsp3) is 0.464. The summed E-state index contributed by atoms with van der Waals surface area (Å²) in [6.45, 7) is 10.5. The highest BCUT2D eigenvalue weighted by molar-refractivity contribution is 5.29. The number of benzene rings is 2. The lowest BCUT2D eigenvalue weighted by molar-refractivity contribution is -0.0168. The minimum atomic E-state index is -0.784. The third-order valence-corrected chi connectivity index (χ3v) is 6.52. The number of rotatable bonds is 9. The van der Waals surface area contributed by atoms with Gasteiger partial charge < -0.3 is 14.6 Å². The highest BCUT2D eigenvalue weighted by Crippen LogP contribution is 2.25. The van der Waals surface area contributed by atoms with Crippen LogP contribution in [-0.2, 0) is 13.1 Å². The smallest absolute Gasteiger partial charge is 0.119 e. The van der Waals surface area contributed by atoms with E-state index in [0.29, 0.717) is 19.6 Å². The lowest BCUT2D eigenvalue weighted by Crippen LogP contribution is -2.37. The van der Waals surface area contributed by atoms with Crippen LogP contribution >= 0.6 is 0 Å². The highest BCUT2D eigenvalue weighted by Gasteiger charge is 2.31. The molecule has 0 radical (unpaired) electrons. The predicted molar refractivity (Wildman–Crippen MR) is 134 cm³/mol. The summed E-state index contributed by atoms with van der Waals surface area (Å²) < 4.78 is 13.9. The zero-order valence-corrected chi connectivity index (χ0v) is 20.7. The highest BCUT2D eigenvalue weighted by atomic mass is 16.5. The average molecular weight is 464 g/mol. The van der Waals surface area contributed by atoms with Crippen molar-refractivity contribution in [1.29, 1.82) is 0 Å². The first-order valence-corrected chi connectivity index (χ1v) is 12.3. The van der Waals surface area contributed by atoms with Crippen molar-refractivity contribution in [1.82, 2.24) is 14.7 Å². The maximum atomic E-state index is 11.1. The van der Waals surface area contributed by atoms with Crippen LogP contribution in [0.3, 0.4) is 0 Å². The van der Waals surface area contributed by atoms with Gasteiger partial charge >= 0.3 is 0 Å². The third kappa shape index (κ3) is 6.84. The van der Waals surface area contributed by atoms with Crippen LogP contribution in [0.25, 0.3) is 0 Å². The topological polar surface area (TPSA) is 59.8 Å². The van der Waals surface area contributed by atoms with Crippen molar-refractivity contribution in [2.24, 2.45) is 0 Å². The molecule has 1 unspecified atom stereocenters. The van der Waals surface area contributed by atoms with Crippen LogP contribution in [-0.4, -0.2) is 51.7 Å². The first kappa shape index (κ1) is 24.3. The SMILES string of the molecule is Cc1ccc(OCC2(O)CCCN(Cc3cccc(OCCn4nc(C)cc4C)c3)CC2)cc1. The molecule has 4 rings (SSSR count). The van der Waals surface area contributed by atoms with Crippen LogP contribution in [0.4, 0.5) is 0 Å². The molecule has 1 saturated heterocycles. The lowest BCUT2D eigenvalue weighted by atomic mass is 9.96. The second kappa shape index (κ2) is 11.1. The summed E-state index contributed by atoms with van der Waals surface area (Å²) in [6.07, 6.45) is 2.41. The monoisotopic (exact) mass is 463 g/mol. The summed E-state index contributed by atoms with van der Waals surface area (Å²) in [7, 11) is 0. The van der Waals surface area contributed by atoms with Gasteiger partial charge in [-0.2, -0.15) is 5.10 Å². The van der Waals surface area contributed by atoms with E-state index in [1.165, 1.54) is 11.1 Å². The molecule has 0 aliphatic carbocycles. The molecular weight excluding hydrogens is 426 g/mol. The van der Waals surface area contributed by atoms with Crippen LogP contribution in [0.2, 0.25) is 0 Å². The molecule has 1 N–H and O–H groups in total. The Morgan fingerprint density at radius 3 is 2.53 bits per heavy atom. The quantitative estimate of drug-likeness (QED) is 0.499. The molecule has 2 aromatic carbocycles. The molecule has 2 heterocycles. The molecule has 6 nitrogen and oxygen atoms in total. The van der Waals surface area contributed by atoms with Gasteiger partial charge in [0, 0.05) is 18.8 Å². The zero-order valence-electron chi connectivity index (χ0n) is 20.7. The number of hydrogen-bond acceptors (Lipinski definition) is 5. The largest absolute Gasteiger partial charge is 0.492 e. The zero-order chi connectivity index (χ0) is 24.0. The minimum absolute atomic E-state index is 0.336. The fourth-order valence-electron chi connectivity index (χ4n) is 4.53. The molecule has 0 saturated carbocycles. The summed E-state index contributed by atoms with van der Waals surface area (Å²) in [6, 6.07) is 18.4. The maximum absolute atomic E-state index is 11.1. The van der Waals surface area contributed by atoms with Gasteiger partial charge in [0.05, 0.1) is 17.8 Å². The van der Waals surface area contributed by atoms with Gasteiger partial charge in [0.25, 0.3) is 0 Å². The van der Waals surface area contributed by atoms with Crippen molar-refractivity contribution in [2.45, 2.75) is 58.7 Å². The van der Waals surface area contributed by atoms with E-state index in [2.05, 4.69) is 48.1 Å². The van der Waals surface area contributed by atoms with Crippen LogP contribution in [0.5, 0.6) is 11.5 Å². The second-order valence-electron chi connectivity index (χ2n) is 9.60. The van der Waals surface area contributed by atoms with E-state index < -0.39 is 5.60 Å². The van der Waals surface area contributed by atoms with Gasteiger partial charge in [-0.15, -0.1) is 0 Å². The Bertz CT molecular complexity index is 1060. The van der Waals surface area contributed by atoms with Crippen molar-refractivity contribution < 1.29 is 14.6 Å². The predicted octanol–water partition coefficient (Wildman–Crippen LogP) is 4.68. The summed E-state index contributed by atoms with van der Waals surface area (Å²) in [5, 5.41) is 15.6. The average Bonchev–Trinajstić information content (AvgIpc) is 3.02. The molecule has 6 heteroatoms. The van der Waals surface area contributed by atoms with Gasteiger partial charge in [0.1, 0.15) is 24.7 Å². The molecule has 0 spiro atoms. The van der Waals surface area contributed by atoms with Gasteiger partial charge in [0.15, 0.2) is 0 Å². The molecule has 1 atom stereocenters. The Morgan fingerprint density at radius 1 is 0.941 bits per heavy atom. The Labute approximate surface area is 203 Å². The van der Waals surface area contributed by atoms with Gasteiger partial charge in [0.2, 0.25) is 0 Å². The fourth-order valence-corrected chi connectivity index (χ4v) is 4.53. The standard InChI is InChI=1S/C28H37N3O3/c1-22-8-10-26(11-9-22)34-21-28(32)12-5-14-30(15-13-28)20-25-6-4-7-27(19-25)33-17-16-31-24(3)18-23(2)29-31/h4,6-11,18-19,32H,5,12-17,20-21H2,1-3H3. The van der Waals surface area contributed by atoms with Crippen molar-refractivity contribution in [2.75, 3.05) is 26.3 Å². The molecule has 1 fully saturated rings. The van der Waals surface area contributed by atoms with E-state index in [-0.39, 0.29) is 0 Å². The summed E-state index contributed by atoms with van der Waals surface area (Å²) >= 11 is 0. The first-order valence-electron chi connectivity index (χ1n) is 12.3. The lowest BCUT2D eigenvalue weighted by Gasteiger charge is -2.27. The van der Waals surface area contributed by atoms with E-state index in [0.717, 1.165) is 61.9 Å². The number of likely N-dealkylation sites (tertiary alicyclic amines) is 1. The molecule has 1 aliphatic heterocycles. The maximum Gasteiger partial charge on any atom is 0.119 e. The molecule has 34 heavy (non-hydrogen) atoms. The number of nitrogens with zero attached hydrogens (tertiary/aromatic N) is 3. The number of aromatic nitrogens is 2. The molecular formula is C28H37N3O3. The van der Waals surface area contributed by atoms with Crippen LogP contribution < -0.4 is 9.47 Å². The van der Waals surface area contributed by atoms with Gasteiger partial charge in [-0.3, -0.25) is 9.58 Å². The van der Waals surface area contributed by atoms with Crippen LogP contribution in [0.15, 0.2) is 54.6 Å². The summed E-state index contributed by atoms with van der Waals surface area (Å²) in [4.78, 5) is 2.42. The van der Waals surface area contributed by atoms with Gasteiger partial charge in [-0.05, 0) is 82.5 Å². The van der Waals surface area contributed by atoms with Gasteiger partial charge in [-0.25, -0.2) is 0 Å². The van der Waals surface area contributed by atoms with Crippen LogP contribution in [0, 0.1) is 20.8 Å². The number of aryl methyl sites for hydroxylation is 3.